The summed E-state index contributed by atoms with van der Waals surface area (Å²) in [5.41, 5.74) is 4.99. The lowest BCUT2D eigenvalue weighted by atomic mass is 9.91. The highest BCUT2D eigenvalue weighted by Gasteiger charge is 2.32. The highest BCUT2D eigenvalue weighted by Crippen LogP contribution is 2.33. The molecule has 0 radical (unpaired) electrons. The zero-order valence-corrected chi connectivity index (χ0v) is 16.2. The normalized spacial score (nSPS) is 23.3. The number of aryl methyl sites for hydroxylation is 1. The molecule has 5 nitrogen and oxygen atoms in total. The van der Waals surface area contributed by atoms with Gasteiger partial charge >= 0.3 is 0 Å². The van der Waals surface area contributed by atoms with Gasteiger partial charge in [-0.3, -0.25) is 19.9 Å². The van der Waals surface area contributed by atoms with Crippen LogP contribution in [0.2, 0.25) is 0 Å². The van der Waals surface area contributed by atoms with Crippen molar-refractivity contribution in [3.63, 3.8) is 0 Å². The fraction of sp³-hybridized carbons (Fsp3) is 0.348. The molecule has 0 saturated heterocycles. The van der Waals surface area contributed by atoms with Gasteiger partial charge < -0.3 is 4.90 Å². The van der Waals surface area contributed by atoms with E-state index in [4.69, 9.17) is 9.98 Å². The number of aliphatic imine (C=N–C) groups is 1. The number of nitrogens with zero attached hydrogens (tertiary/aromatic N) is 5. The first-order valence-electron chi connectivity index (χ1n) is 10.1. The molecule has 2 aliphatic heterocycles. The highest BCUT2D eigenvalue weighted by atomic mass is 15.3. The smallest absolute Gasteiger partial charge is 0.128 e. The van der Waals surface area contributed by atoms with Gasteiger partial charge in [0.15, 0.2) is 0 Å². The summed E-state index contributed by atoms with van der Waals surface area (Å²) >= 11 is 0. The number of hydrogen-bond donors (Lipinski definition) is 0. The second-order valence-corrected chi connectivity index (χ2v) is 7.80. The minimum Gasteiger partial charge on any atom is -0.324 e. The van der Waals surface area contributed by atoms with E-state index < -0.39 is 0 Å². The molecule has 28 heavy (non-hydrogen) atoms. The molecule has 5 rings (SSSR count). The third-order valence-electron chi connectivity index (χ3n) is 5.93. The van der Waals surface area contributed by atoms with Gasteiger partial charge in [0.1, 0.15) is 5.84 Å². The Bertz CT molecular complexity index is 946. The zero-order chi connectivity index (χ0) is 18.9. The van der Waals surface area contributed by atoms with Crippen LogP contribution >= 0.6 is 0 Å². The standard InChI is InChI=1S/C23H25N5/c1-27(21-10-2-6-17-7-5-13-25-23(17)21)15-19-16-28-20(9-3-11-22(28)26-19)18-8-4-12-24-14-18/h3-5,7-9,11-14,19,21H,2,6,10,15-16H2,1H3. The van der Waals surface area contributed by atoms with Crippen LogP contribution in [0, 0.1) is 0 Å². The summed E-state index contributed by atoms with van der Waals surface area (Å²) in [5, 5.41) is 0. The first kappa shape index (κ1) is 17.3. The number of fused-ring (bicyclic) bond motifs is 2. The molecular formula is C23H25N5. The van der Waals surface area contributed by atoms with E-state index in [1.165, 1.54) is 29.8 Å². The summed E-state index contributed by atoms with van der Waals surface area (Å²) in [4.78, 5) is 18.8. The Labute approximate surface area is 166 Å². The number of allylic oxidation sites excluding steroid dienone is 2. The lowest BCUT2D eigenvalue weighted by Gasteiger charge is -2.33. The van der Waals surface area contributed by atoms with Crippen molar-refractivity contribution < 1.29 is 0 Å². The van der Waals surface area contributed by atoms with Crippen molar-refractivity contribution in [3.05, 3.63) is 77.9 Å². The molecule has 0 saturated carbocycles. The average Bonchev–Trinajstić information content (AvgIpc) is 3.16. The summed E-state index contributed by atoms with van der Waals surface area (Å²) in [7, 11) is 2.22. The van der Waals surface area contributed by atoms with Gasteiger partial charge in [0, 0.05) is 37.2 Å². The maximum atomic E-state index is 5.01. The zero-order valence-electron chi connectivity index (χ0n) is 16.2. The molecular weight excluding hydrogens is 346 g/mol. The molecule has 0 bridgehead atoms. The number of likely N-dealkylation sites (N-methyl/N-ethyl adjacent to an activating group) is 1. The Hall–Kier alpha value is -2.79. The fourth-order valence-electron chi connectivity index (χ4n) is 4.61. The van der Waals surface area contributed by atoms with Gasteiger partial charge in [0.2, 0.25) is 0 Å². The third kappa shape index (κ3) is 3.16. The van der Waals surface area contributed by atoms with E-state index in [2.05, 4.69) is 58.3 Å². The Kier molecular flexibility index (Phi) is 4.53. The van der Waals surface area contributed by atoms with Crippen LogP contribution in [0.15, 0.2) is 66.1 Å². The van der Waals surface area contributed by atoms with Crippen LogP contribution in [0.5, 0.6) is 0 Å². The number of hydrogen-bond acceptors (Lipinski definition) is 5. The number of aromatic nitrogens is 2. The second kappa shape index (κ2) is 7.32. The van der Waals surface area contributed by atoms with Crippen LogP contribution < -0.4 is 0 Å². The Morgan fingerprint density at radius 2 is 2.14 bits per heavy atom. The molecule has 1 aliphatic carbocycles. The maximum Gasteiger partial charge on any atom is 0.128 e. The molecule has 0 aromatic carbocycles. The SMILES string of the molecule is CN(CC1CN2C(c3cccnc3)=CC=CC2=N1)C1CCCc2cccnc21. The van der Waals surface area contributed by atoms with Crippen molar-refractivity contribution in [2.24, 2.45) is 4.99 Å². The van der Waals surface area contributed by atoms with E-state index in [0.29, 0.717) is 6.04 Å². The monoisotopic (exact) mass is 371 g/mol. The summed E-state index contributed by atoms with van der Waals surface area (Å²) in [6, 6.07) is 9.04. The number of amidine groups is 1. The summed E-state index contributed by atoms with van der Waals surface area (Å²) in [6.45, 7) is 1.85. The number of rotatable bonds is 4. The van der Waals surface area contributed by atoms with Gasteiger partial charge in [-0.05, 0) is 62.2 Å². The van der Waals surface area contributed by atoms with Crippen LogP contribution in [0.3, 0.4) is 0 Å². The second-order valence-electron chi connectivity index (χ2n) is 7.80. The third-order valence-corrected chi connectivity index (χ3v) is 5.93. The van der Waals surface area contributed by atoms with E-state index in [-0.39, 0.29) is 6.04 Å². The summed E-state index contributed by atoms with van der Waals surface area (Å²) in [6.07, 6.45) is 15.6. The topological polar surface area (TPSA) is 44.6 Å². The van der Waals surface area contributed by atoms with Gasteiger partial charge in [0.25, 0.3) is 0 Å². The first-order chi connectivity index (χ1) is 13.8. The van der Waals surface area contributed by atoms with Crippen LogP contribution in [-0.2, 0) is 6.42 Å². The highest BCUT2D eigenvalue weighted by molar-refractivity contribution is 6.02. The van der Waals surface area contributed by atoms with E-state index in [1.807, 2.05) is 24.7 Å². The molecule has 0 amide bonds. The van der Waals surface area contributed by atoms with Gasteiger partial charge in [-0.25, -0.2) is 0 Å². The van der Waals surface area contributed by atoms with Crippen molar-refractivity contribution in [1.29, 1.82) is 0 Å². The maximum absolute atomic E-state index is 5.01. The Morgan fingerprint density at radius 1 is 1.21 bits per heavy atom. The van der Waals surface area contributed by atoms with E-state index in [1.54, 1.807) is 0 Å². The predicted molar refractivity (Wildman–Crippen MR) is 112 cm³/mol. The van der Waals surface area contributed by atoms with Gasteiger partial charge in [-0.2, -0.15) is 0 Å². The van der Waals surface area contributed by atoms with Crippen molar-refractivity contribution >= 4 is 11.5 Å². The predicted octanol–water partition coefficient (Wildman–Crippen LogP) is 3.48. The van der Waals surface area contributed by atoms with Crippen LogP contribution in [-0.4, -0.2) is 51.8 Å². The largest absolute Gasteiger partial charge is 0.324 e. The van der Waals surface area contributed by atoms with Crippen LogP contribution in [0.4, 0.5) is 0 Å². The number of pyridine rings is 2. The molecule has 2 atom stereocenters. The van der Waals surface area contributed by atoms with E-state index in [9.17, 15) is 0 Å². The molecule has 5 heteroatoms. The molecule has 2 aromatic heterocycles. The van der Waals surface area contributed by atoms with Crippen molar-refractivity contribution in [1.82, 2.24) is 19.8 Å². The lowest BCUT2D eigenvalue weighted by Crippen LogP contribution is -2.36. The van der Waals surface area contributed by atoms with Crippen LogP contribution in [0.25, 0.3) is 5.70 Å². The van der Waals surface area contributed by atoms with Gasteiger partial charge in [-0.15, -0.1) is 0 Å². The molecule has 0 fully saturated rings. The fourth-order valence-corrected chi connectivity index (χ4v) is 4.61. The minimum atomic E-state index is 0.261. The molecule has 142 valence electrons. The molecule has 3 aliphatic rings. The molecule has 4 heterocycles. The van der Waals surface area contributed by atoms with Gasteiger partial charge in [-0.1, -0.05) is 12.1 Å². The molecule has 2 aromatic rings. The lowest BCUT2D eigenvalue weighted by molar-refractivity contribution is 0.204. The van der Waals surface area contributed by atoms with Crippen molar-refractivity contribution in [2.45, 2.75) is 31.3 Å². The Morgan fingerprint density at radius 3 is 3.04 bits per heavy atom. The minimum absolute atomic E-state index is 0.261. The van der Waals surface area contributed by atoms with Crippen molar-refractivity contribution in [2.75, 3.05) is 20.1 Å². The van der Waals surface area contributed by atoms with Gasteiger partial charge in [0.05, 0.1) is 23.5 Å². The molecule has 0 N–H and O–H groups in total. The first-order valence-corrected chi connectivity index (χ1v) is 10.1. The summed E-state index contributed by atoms with van der Waals surface area (Å²) < 4.78 is 0. The van der Waals surface area contributed by atoms with E-state index >= 15 is 0 Å². The van der Waals surface area contributed by atoms with E-state index in [0.717, 1.165) is 30.9 Å². The van der Waals surface area contributed by atoms with Crippen molar-refractivity contribution in [3.8, 4) is 0 Å². The van der Waals surface area contributed by atoms with Crippen LogP contribution in [0.1, 0.15) is 35.7 Å². The average molecular weight is 371 g/mol. The Balaban J connectivity index is 1.32. The summed E-state index contributed by atoms with van der Waals surface area (Å²) in [5.74, 6) is 1.06. The quantitative estimate of drug-likeness (QED) is 0.825. The molecule has 0 spiro atoms. The molecule has 2 unspecified atom stereocenters.